The summed E-state index contributed by atoms with van der Waals surface area (Å²) >= 11 is -1.25. The van der Waals surface area contributed by atoms with Gasteiger partial charge in [-0.1, -0.05) is 4.40 Å². The first-order chi connectivity index (χ1) is 8.84. The molecule has 1 heterocycles. The zero-order valence-corrected chi connectivity index (χ0v) is 12.7. The highest BCUT2D eigenvalue weighted by Crippen LogP contribution is 2.27. The van der Waals surface area contributed by atoms with Crippen LogP contribution in [0, 0.1) is 11.3 Å². The third kappa shape index (κ3) is 2.70. The Labute approximate surface area is 117 Å². The van der Waals surface area contributed by atoms with Crippen LogP contribution in [0.5, 0.6) is 0 Å². The minimum atomic E-state index is -1.25. The highest BCUT2D eigenvalue weighted by molar-refractivity contribution is 7.91. The van der Waals surface area contributed by atoms with Crippen LogP contribution in [0.2, 0.25) is 0 Å². The Bertz CT molecular complexity index is 560. The van der Waals surface area contributed by atoms with E-state index in [0.717, 1.165) is 36.2 Å². The molecule has 0 saturated heterocycles. The maximum Gasteiger partial charge on any atom is 0.144 e. The Balaban J connectivity index is 2.44. The third-order valence-electron chi connectivity index (χ3n) is 3.33. The van der Waals surface area contributed by atoms with Crippen LogP contribution in [-0.4, -0.2) is 19.6 Å². The number of nitriles is 1. The fourth-order valence-corrected chi connectivity index (χ4v) is 2.86. The van der Waals surface area contributed by atoms with Gasteiger partial charge in [0.2, 0.25) is 0 Å². The summed E-state index contributed by atoms with van der Waals surface area (Å²) in [5.41, 5.74) is 3.66. The van der Waals surface area contributed by atoms with E-state index in [1.807, 2.05) is 38.5 Å². The van der Waals surface area contributed by atoms with E-state index >= 15 is 0 Å². The molecule has 1 aromatic heterocycles. The van der Waals surface area contributed by atoms with Crippen LogP contribution in [0.25, 0.3) is 0 Å². The van der Waals surface area contributed by atoms with Gasteiger partial charge in [0.25, 0.3) is 0 Å². The van der Waals surface area contributed by atoms with Crippen LogP contribution in [-0.2, 0) is 24.8 Å². The number of nitrogens with zero attached hydrogens (tertiary/aromatic N) is 3. The molecule has 1 atom stereocenters. The highest BCUT2D eigenvalue weighted by atomic mass is 32.2. The highest BCUT2D eigenvalue weighted by Gasteiger charge is 2.29. The van der Waals surface area contributed by atoms with E-state index in [0.29, 0.717) is 5.69 Å². The second-order valence-electron chi connectivity index (χ2n) is 5.81. The molecule has 0 saturated carbocycles. The summed E-state index contributed by atoms with van der Waals surface area (Å²) in [5.74, 6) is 0. The number of rotatable bonds is 1. The Hall–Kier alpha value is -1.25. The topological polar surface area (TPSA) is 64.1 Å². The van der Waals surface area contributed by atoms with Gasteiger partial charge in [0.05, 0.1) is 0 Å². The van der Waals surface area contributed by atoms with E-state index in [4.69, 9.17) is 5.26 Å². The minimum Gasteiger partial charge on any atom is -0.591 e. The molecule has 0 fully saturated rings. The first-order valence-electron chi connectivity index (χ1n) is 6.43. The van der Waals surface area contributed by atoms with Gasteiger partial charge in [0, 0.05) is 18.3 Å². The second-order valence-corrected chi connectivity index (χ2v) is 7.72. The van der Waals surface area contributed by atoms with Crippen molar-refractivity contribution < 1.29 is 4.55 Å². The molecule has 1 aliphatic carbocycles. The van der Waals surface area contributed by atoms with Crippen LogP contribution in [0.1, 0.15) is 50.6 Å². The average molecular weight is 277 g/mol. The van der Waals surface area contributed by atoms with Crippen molar-refractivity contribution in [3.05, 3.63) is 23.0 Å². The van der Waals surface area contributed by atoms with Gasteiger partial charge in [-0.3, -0.25) is 0 Å². The molecule has 0 radical (unpaired) electrons. The summed E-state index contributed by atoms with van der Waals surface area (Å²) in [6.07, 6.45) is 2.79. The summed E-state index contributed by atoms with van der Waals surface area (Å²) in [5, 5.41) is 9.09. The quantitative estimate of drug-likeness (QED) is 0.740. The SMILES string of the molecule is Cn1c(C#N)cc2c1CCCC2=N[S@+]([O-])C(C)(C)C. The molecule has 5 heteroatoms. The fraction of sp³-hybridized carbons (Fsp3) is 0.571. The number of hydrogen-bond acceptors (Lipinski definition) is 3. The van der Waals surface area contributed by atoms with Gasteiger partial charge < -0.3 is 9.12 Å². The number of hydrogen-bond donors (Lipinski definition) is 0. The van der Waals surface area contributed by atoms with Crippen molar-refractivity contribution in [2.75, 3.05) is 0 Å². The van der Waals surface area contributed by atoms with Crippen molar-refractivity contribution >= 4 is 17.1 Å². The van der Waals surface area contributed by atoms with Gasteiger partial charge in [-0.25, -0.2) is 0 Å². The molecule has 2 rings (SSSR count). The third-order valence-corrected chi connectivity index (χ3v) is 4.76. The first-order valence-corrected chi connectivity index (χ1v) is 7.54. The predicted molar refractivity (Wildman–Crippen MR) is 77.5 cm³/mol. The van der Waals surface area contributed by atoms with Crippen molar-refractivity contribution in [2.45, 2.75) is 44.8 Å². The van der Waals surface area contributed by atoms with E-state index in [-0.39, 0.29) is 4.75 Å². The van der Waals surface area contributed by atoms with Gasteiger partial charge in [-0.15, -0.1) is 0 Å². The van der Waals surface area contributed by atoms with Crippen molar-refractivity contribution in [1.29, 1.82) is 5.26 Å². The minimum absolute atomic E-state index is 0.350. The molecule has 19 heavy (non-hydrogen) atoms. The standard InChI is InChI=1S/C14H19N3OS/c1-14(2,3)19(18)16-12-6-5-7-13-11(12)8-10(9-15)17(13)4/h8H,5-7H2,1-4H3/t19-/m1/s1. The summed E-state index contributed by atoms with van der Waals surface area (Å²) in [6, 6.07) is 4.06. The van der Waals surface area contributed by atoms with Gasteiger partial charge in [0.15, 0.2) is 0 Å². The van der Waals surface area contributed by atoms with E-state index in [2.05, 4.69) is 10.5 Å². The molecule has 0 bridgehead atoms. The Morgan fingerprint density at radius 1 is 1.42 bits per heavy atom. The smallest absolute Gasteiger partial charge is 0.144 e. The Morgan fingerprint density at radius 2 is 2.11 bits per heavy atom. The monoisotopic (exact) mass is 277 g/mol. The van der Waals surface area contributed by atoms with Crippen LogP contribution in [0.4, 0.5) is 0 Å². The number of aromatic nitrogens is 1. The molecule has 0 spiro atoms. The van der Waals surface area contributed by atoms with E-state index in [1.165, 1.54) is 0 Å². The molecule has 0 unspecified atom stereocenters. The molecule has 102 valence electrons. The molecule has 0 amide bonds. The van der Waals surface area contributed by atoms with E-state index in [9.17, 15) is 4.55 Å². The lowest BCUT2D eigenvalue weighted by Gasteiger charge is -2.21. The second kappa shape index (κ2) is 5.03. The van der Waals surface area contributed by atoms with Crippen molar-refractivity contribution in [2.24, 2.45) is 11.4 Å². The zero-order chi connectivity index (χ0) is 14.2. The maximum absolute atomic E-state index is 12.2. The number of fused-ring (bicyclic) bond motifs is 1. The van der Waals surface area contributed by atoms with Crippen molar-refractivity contribution in [3.63, 3.8) is 0 Å². The van der Waals surface area contributed by atoms with Crippen molar-refractivity contribution in [1.82, 2.24) is 4.57 Å². The predicted octanol–water partition coefficient (Wildman–Crippen LogP) is 2.48. The van der Waals surface area contributed by atoms with Crippen LogP contribution in [0.3, 0.4) is 0 Å². The molecule has 4 nitrogen and oxygen atoms in total. The van der Waals surface area contributed by atoms with Gasteiger partial charge in [0.1, 0.15) is 33.6 Å². The van der Waals surface area contributed by atoms with Gasteiger partial charge in [-0.05, 0) is 46.1 Å². The van der Waals surface area contributed by atoms with Gasteiger partial charge >= 0.3 is 0 Å². The lowest BCUT2D eigenvalue weighted by molar-refractivity contribution is 0.561. The summed E-state index contributed by atoms with van der Waals surface area (Å²) in [6.45, 7) is 5.76. The zero-order valence-electron chi connectivity index (χ0n) is 11.9. The van der Waals surface area contributed by atoms with Crippen molar-refractivity contribution in [3.8, 4) is 6.07 Å². The summed E-state index contributed by atoms with van der Waals surface area (Å²) in [4.78, 5) is 0. The molecule has 0 aliphatic heterocycles. The van der Waals surface area contributed by atoms with E-state index in [1.54, 1.807) is 0 Å². The molecular weight excluding hydrogens is 258 g/mol. The van der Waals surface area contributed by atoms with Crippen LogP contribution >= 0.6 is 0 Å². The van der Waals surface area contributed by atoms with Crippen LogP contribution < -0.4 is 0 Å². The Morgan fingerprint density at radius 3 is 2.68 bits per heavy atom. The van der Waals surface area contributed by atoms with Crippen LogP contribution in [0.15, 0.2) is 10.5 Å². The molecule has 0 N–H and O–H groups in total. The maximum atomic E-state index is 12.2. The molecule has 0 aromatic carbocycles. The summed E-state index contributed by atoms with van der Waals surface area (Å²) in [7, 11) is 1.90. The lowest BCUT2D eigenvalue weighted by Crippen LogP contribution is -2.27. The fourth-order valence-electron chi connectivity index (χ4n) is 2.19. The Kier molecular flexibility index (Phi) is 3.75. The summed E-state index contributed by atoms with van der Waals surface area (Å²) < 4.78 is 18.1. The average Bonchev–Trinajstić information content (AvgIpc) is 2.66. The van der Waals surface area contributed by atoms with E-state index < -0.39 is 11.4 Å². The molecule has 1 aromatic rings. The normalized spacial score (nSPS) is 19.1. The van der Waals surface area contributed by atoms with Gasteiger partial charge in [-0.2, -0.15) is 5.26 Å². The lowest BCUT2D eigenvalue weighted by atomic mass is 9.96. The largest absolute Gasteiger partial charge is 0.591 e. The molecular formula is C14H19N3OS. The molecule has 1 aliphatic rings. The first kappa shape index (κ1) is 14.2.